The summed E-state index contributed by atoms with van der Waals surface area (Å²) in [6.45, 7) is 1.38. The third-order valence-corrected chi connectivity index (χ3v) is 4.01. The van der Waals surface area contributed by atoms with Gasteiger partial charge in [0, 0.05) is 25.9 Å². The molecule has 1 rings (SSSR count). The van der Waals surface area contributed by atoms with Crippen molar-refractivity contribution < 1.29 is 26.3 Å². The van der Waals surface area contributed by atoms with Gasteiger partial charge in [0.2, 0.25) is 5.88 Å². The van der Waals surface area contributed by atoms with E-state index < -0.39 is 26.3 Å². The lowest BCUT2D eigenvalue weighted by molar-refractivity contribution is -0.276. The predicted molar refractivity (Wildman–Crippen MR) is 61.4 cm³/mol. The number of hydrogen-bond donors (Lipinski definition) is 0. The van der Waals surface area contributed by atoms with Gasteiger partial charge in [0.05, 0.1) is 0 Å². The molecule has 0 amide bonds. The minimum absolute atomic E-state index is 0.162. The van der Waals surface area contributed by atoms with Crippen LogP contribution >= 0.6 is 33.3 Å². The van der Waals surface area contributed by atoms with E-state index in [-0.39, 0.29) is 9.13 Å². The minimum atomic E-state index is -4.95. The number of aromatic nitrogens is 1. The molecule has 1 aromatic rings. The van der Waals surface area contributed by atoms with Gasteiger partial charge in [-0.25, -0.2) is 8.42 Å². The van der Waals surface area contributed by atoms with Gasteiger partial charge in [0.1, 0.15) is 0 Å². The number of nitrogens with zero attached hydrogens (tertiary/aromatic N) is 1. The number of pyridine rings is 1. The predicted octanol–water partition coefficient (Wildman–Crippen LogP) is 2.82. The van der Waals surface area contributed by atoms with E-state index in [0.717, 1.165) is 6.07 Å². The first-order valence-corrected chi connectivity index (χ1v) is 7.27. The first-order chi connectivity index (χ1) is 7.50. The lowest BCUT2D eigenvalue weighted by Crippen LogP contribution is -2.19. The molecule has 0 aliphatic rings. The summed E-state index contributed by atoms with van der Waals surface area (Å²) in [7, 11) is 0.823. The molecule has 0 aliphatic heterocycles. The van der Waals surface area contributed by atoms with Crippen molar-refractivity contribution in [2.75, 3.05) is 0 Å². The van der Waals surface area contributed by atoms with Gasteiger partial charge in [-0.2, -0.15) is 4.98 Å². The SMILES string of the molecule is Cc1c(I)cc(OC(F)(F)F)nc1S(=O)(=O)Cl. The average Bonchev–Trinajstić information content (AvgIpc) is 2.06. The fourth-order valence-electron chi connectivity index (χ4n) is 0.943. The molecule has 0 N–H and O–H groups in total. The zero-order chi connectivity index (χ0) is 13.4. The van der Waals surface area contributed by atoms with Crippen LogP contribution in [0.4, 0.5) is 13.2 Å². The van der Waals surface area contributed by atoms with Crippen molar-refractivity contribution in [3.8, 4) is 5.88 Å². The van der Waals surface area contributed by atoms with Gasteiger partial charge in [0.15, 0.2) is 5.03 Å². The highest BCUT2D eigenvalue weighted by atomic mass is 127. The van der Waals surface area contributed by atoms with E-state index in [9.17, 15) is 21.6 Å². The maximum atomic E-state index is 12.0. The van der Waals surface area contributed by atoms with Crippen molar-refractivity contribution in [3.05, 3.63) is 15.2 Å². The third-order valence-electron chi connectivity index (χ3n) is 1.59. The molecule has 10 heteroatoms. The maximum Gasteiger partial charge on any atom is 0.574 e. The molecule has 0 radical (unpaired) electrons. The van der Waals surface area contributed by atoms with Crippen LogP contribution in [0.3, 0.4) is 0 Å². The highest BCUT2D eigenvalue weighted by molar-refractivity contribution is 14.1. The summed E-state index contributed by atoms with van der Waals surface area (Å²) in [4.78, 5) is 3.22. The van der Waals surface area contributed by atoms with E-state index in [2.05, 4.69) is 9.72 Å². The number of hydrogen-bond acceptors (Lipinski definition) is 4. The maximum absolute atomic E-state index is 12.0. The molecule has 0 bridgehead atoms. The summed E-state index contributed by atoms with van der Waals surface area (Å²) >= 11 is 1.66. The number of ether oxygens (including phenoxy) is 1. The minimum Gasteiger partial charge on any atom is -0.388 e. The molecule has 0 spiro atoms. The number of rotatable bonds is 2. The van der Waals surface area contributed by atoms with Crippen LogP contribution < -0.4 is 4.74 Å². The van der Waals surface area contributed by atoms with Gasteiger partial charge in [-0.3, -0.25) is 0 Å². The van der Waals surface area contributed by atoms with Crippen LogP contribution in [-0.2, 0) is 9.05 Å². The van der Waals surface area contributed by atoms with Crippen LogP contribution in [0.25, 0.3) is 0 Å². The molecule has 0 fully saturated rings. The fourth-order valence-corrected chi connectivity index (χ4v) is 2.77. The quantitative estimate of drug-likeness (QED) is 0.565. The molecule has 1 heterocycles. The molecule has 1 aromatic heterocycles. The van der Waals surface area contributed by atoms with Gasteiger partial charge in [-0.15, -0.1) is 13.2 Å². The first kappa shape index (κ1) is 14.8. The van der Waals surface area contributed by atoms with Crippen molar-refractivity contribution >= 4 is 42.3 Å². The van der Waals surface area contributed by atoms with Gasteiger partial charge in [0.25, 0.3) is 9.05 Å². The van der Waals surface area contributed by atoms with Crippen molar-refractivity contribution in [2.45, 2.75) is 18.3 Å². The second-order valence-corrected chi connectivity index (χ2v) is 6.50. The first-order valence-electron chi connectivity index (χ1n) is 3.88. The highest BCUT2D eigenvalue weighted by Gasteiger charge is 2.33. The van der Waals surface area contributed by atoms with Gasteiger partial charge < -0.3 is 4.74 Å². The molecule has 0 unspecified atom stereocenters. The summed E-state index contributed by atoms with van der Waals surface area (Å²) in [6.07, 6.45) is -4.95. The Morgan fingerprint density at radius 2 is 2.00 bits per heavy atom. The Morgan fingerprint density at radius 1 is 1.47 bits per heavy atom. The van der Waals surface area contributed by atoms with E-state index >= 15 is 0 Å². The Morgan fingerprint density at radius 3 is 2.41 bits per heavy atom. The van der Waals surface area contributed by atoms with Crippen molar-refractivity contribution in [3.63, 3.8) is 0 Å². The molecule has 0 saturated carbocycles. The lowest BCUT2D eigenvalue weighted by Gasteiger charge is -2.10. The van der Waals surface area contributed by atoms with E-state index in [1.807, 2.05) is 0 Å². The van der Waals surface area contributed by atoms with E-state index in [4.69, 9.17) is 10.7 Å². The van der Waals surface area contributed by atoms with E-state index in [1.165, 1.54) is 6.92 Å². The van der Waals surface area contributed by atoms with Crippen LogP contribution in [-0.4, -0.2) is 19.8 Å². The lowest BCUT2D eigenvalue weighted by atomic mass is 10.3. The Balaban J connectivity index is 3.35. The molecule has 0 aromatic carbocycles. The van der Waals surface area contributed by atoms with Crippen molar-refractivity contribution in [1.29, 1.82) is 0 Å². The molecule has 0 atom stereocenters. The van der Waals surface area contributed by atoms with Gasteiger partial charge >= 0.3 is 6.36 Å². The Hall–Kier alpha value is -0.290. The van der Waals surface area contributed by atoms with Crippen LogP contribution in [0.2, 0.25) is 0 Å². The summed E-state index contributed by atoms with van der Waals surface area (Å²) in [5.74, 6) is -0.869. The van der Waals surface area contributed by atoms with E-state index in [1.54, 1.807) is 22.6 Å². The molecule has 96 valence electrons. The summed E-state index contributed by atoms with van der Waals surface area (Å²) in [5, 5.41) is -0.648. The zero-order valence-electron chi connectivity index (χ0n) is 8.05. The second-order valence-electron chi connectivity index (χ2n) is 2.86. The highest BCUT2D eigenvalue weighted by Crippen LogP contribution is 2.28. The fraction of sp³-hybridized carbons (Fsp3) is 0.286. The molecule has 4 nitrogen and oxygen atoms in total. The number of alkyl halides is 3. The van der Waals surface area contributed by atoms with Crippen molar-refractivity contribution in [2.24, 2.45) is 0 Å². The number of halogens is 5. The zero-order valence-corrected chi connectivity index (χ0v) is 11.8. The third kappa shape index (κ3) is 4.14. The average molecular weight is 402 g/mol. The Labute approximate surface area is 113 Å². The Bertz CT molecular complexity index is 546. The van der Waals surface area contributed by atoms with Gasteiger partial charge in [-0.05, 0) is 29.5 Å². The standard InChI is InChI=1S/C7H4ClF3INO3S/c1-3-4(12)2-5(16-7(9,10)11)13-6(3)17(8,14)15/h2H,1H3. The summed E-state index contributed by atoms with van der Waals surface area (Å²) in [6, 6.07) is 0.967. The normalized spacial score (nSPS) is 12.6. The van der Waals surface area contributed by atoms with Crippen LogP contribution in [0, 0.1) is 10.5 Å². The van der Waals surface area contributed by atoms with Crippen LogP contribution in [0.5, 0.6) is 5.88 Å². The smallest absolute Gasteiger partial charge is 0.388 e. The molecular weight excluding hydrogens is 397 g/mol. The van der Waals surface area contributed by atoms with Crippen LogP contribution in [0.1, 0.15) is 5.56 Å². The van der Waals surface area contributed by atoms with Crippen LogP contribution in [0.15, 0.2) is 11.1 Å². The molecule has 0 saturated heterocycles. The van der Waals surface area contributed by atoms with Gasteiger partial charge in [-0.1, -0.05) is 0 Å². The largest absolute Gasteiger partial charge is 0.574 e. The second kappa shape index (κ2) is 4.76. The summed E-state index contributed by atoms with van der Waals surface area (Å²) < 4.78 is 61.8. The monoisotopic (exact) mass is 401 g/mol. The topological polar surface area (TPSA) is 56.3 Å². The Kier molecular flexibility index (Phi) is 4.14. The summed E-state index contributed by atoms with van der Waals surface area (Å²) in [5.41, 5.74) is 0.162. The molecule has 17 heavy (non-hydrogen) atoms. The van der Waals surface area contributed by atoms with Crippen molar-refractivity contribution in [1.82, 2.24) is 4.98 Å². The molecular formula is C7H4ClF3INO3S. The molecule has 0 aliphatic carbocycles. The van der Waals surface area contributed by atoms with E-state index in [0.29, 0.717) is 0 Å².